The third-order valence-electron chi connectivity index (χ3n) is 4.11. The van der Waals surface area contributed by atoms with Gasteiger partial charge in [0.25, 0.3) is 5.91 Å². The highest BCUT2D eigenvalue weighted by atomic mass is 16.5. The zero-order valence-electron chi connectivity index (χ0n) is 15.7. The number of hydrogen-bond acceptors (Lipinski definition) is 5. The normalized spacial score (nSPS) is 17.2. The Balaban J connectivity index is 2.29. The molecule has 0 N–H and O–H groups in total. The van der Waals surface area contributed by atoms with Crippen LogP contribution < -0.4 is 4.90 Å². The average Bonchev–Trinajstić information content (AvgIpc) is 2.88. The number of carbonyl (C=O) groups excluding carboxylic acids is 1. The molecule has 6 heteroatoms. The van der Waals surface area contributed by atoms with Gasteiger partial charge in [-0.25, -0.2) is 4.99 Å². The Morgan fingerprint density at radius 2 is 2.08 bits per heavy atom. The van der Waals surface area contributed by atoms with Crippen molar-refractivity contribution < 1.29 is 14.3 Å². The summed E-state index contributed by atoms with van der Waals surface area (Å²) in [5, 5.41) is 0. The summed E-state index contributed by atoms with van der Waals surface area (Å²) >= 11 is 0. The number of hydrogen-bond donors (Lipinski definition) is 0. The highest BCUT2D eigenvalue weighted by Gasteiger charge is 2.30. The summed E-state index contributed by atoms with van der Waals surface area (Å²) in [5.74, 6) is 0.636. The predicted octanol–water partition coefficient (Wildman–Crippen LogP) is 2.41. The van der Waals surface area contributed by atoms with E-state index >= 15 is 0 Å². The lowest BCUT2D eigenvalue weighted by Crippen LogP contribution is -2.36. The van der Waals surface area contributed by atoms with Gasteiger partial charge < -0.3 is 14.4 Å². The van der Waals surface area contributed by atoms with Crippen LogP contribution in [0.15, 0.2) is 35.0 Å². The first kappa shape index (κ1) is 19.1. The van der Waals surface area contributed by atoms with Gasteiger partial charge in [-0.3, -0.25) is 9.69 Å². The van der Waals surface area contributed by atoms with Crippen LogP contribution in [0.1, 0.15) is 18.9 Å². The van der Waals surface area contributed by atoms with Gasteiger partial charge in [0.15, 0.2) is 0 Å². The average molecular weight is 345 g/mol. The topological polar surface area (TPSA) is 54.4 Å². The molecule has 0 saturated carbocycles. The summed E-state index contributed by atoms with van der Waals surface area (Å²) in [6, 6.07) is 8.00. The second-order valence-electron chi connectivity index (χ2n) is 6.25. The van der Waals surface area contributed by atoms with E-state index in [2.05, 4.69) is 4.99 Å². The summed E-state index contributed by atoms with van der Waals surface area (Å²) in [7, 11) is 7.26. The van der Waals surface area contributed by atoms with Crippen molar-refractivity contribution in [3.8, 4) is 0 Å². The minimum atomic E-state index is -0.0920. The van der Waals surface area contributed by atoms with Crippen LogP contribution in [0.4, 0.5) is 5.69 Å². The highest BCUT2D eigenvalue weighted by Crippen LogP contribution is 2.22. The van der Waals surface area contributed by atoms with Crippen LogP contribution in [-0.2, 0) is 14.3 Å². The molecule has 0 saturated heterocycles. The zero-order chi connectivity index (χ0) is 18.4. The Kier molecular flexibility index (Phi) is 6.73. The van der Waals surface area contributed by atoms with Crippen molar-refractivity contribution in [1.82, 2.24) is 4.90 Å². The summed E-state index contributed by atoms with van der Waals surface area (Å²) in [6.07, 6.45) is 2.41. The van der Waals surface area contributed by atoms with Gasteiger partial charge in [-0.05, 0) is 30.7 Å². The second-order valence-corrected chi connectivity index (χ2v) is 6.25. The van der Waals surface area contributed by atoms with Crippen LogP contribution in [0.3, 0.4) is 0 Å². The van der Waals surface area contributed by atoms with E-state index in [9.17, 15) is 4.79 Å². The summed E-state index contributed by atoms with van der Waals surface area (Å²) in [5.41, 5.74) is 2.48. The molecule has 2 rings (SSSR count). The van der Waals surface area contributed by atoms with Gasteiger partial charge in [-0.15, -0.1) is 0 Å². The summed E-state index contributed by atoms with van der Waals surface area (Å²) in [6.45, 7) is 2.92. The fraction of sp³-hybridized carbons (Fsp3) is 0.474. The molecule has 0 bridgehead atoms. The van der Waals surface area contributed by atoms with Crippen molar-refractivity contribution in [2.24, 2.45) is 4.99 Å². The van der Waals surface area contributed by atoms with E-state index in [4.69, 9.17) is 9.47 Å². The molecule has 1 heterocycles. The van der Waals surface area contributed by atoms with Crippen molar-refractivity contribution >= 4 is 23.5 Å². The van der Waals surface area contributed by atoms with Crippen molar-refractivity contribution in [2.45, 2.75) is 19.4 Å². The molecular formula is C19H27N3O3. The number of aliphatic imine (C=N–C) groups is 1. The van der Waals surface area contributed by atoms with Gasteiger partial charge >= 0.3 is 0 Å². The van der Waals surface area contributed by atoms with Crippen LogP contribution in [0.2, 0.25) is 0 Å². The van der Waals surface area contributed by atoms with E-state index in [1.165, 1.54) is 0 Å². The molecule has 0 fully saturated rings. The molecule has 1 aliphatic rings. The number of carbonyl (C=O) groups is 1. The maximum atomic E-state index is 12.8. The number of nitrogens with zero attached hydrogens (tertiary/aromatic N) is 3. The van der Waals surface area contributed by atoms with Gasteiger partial charge in [0.2, 0.25) is 0 Å². The zero-order valence-corrected chi connectivity index (χ0v) is 15.7. The van der Waals surface area contributed by atoms with Crippen LogP contribution in [-0.4, -0.2) is 64.2 Å². The number of ether oxygens (including phenoxy) is 2. The van der Waals surface area contributed by atoms with E-state index < -0.39 is 0 Å². The number of anilines is 1. The van der Waals surface area contributed by atoms with Crippen LogP contribution in [0.25, 0.3) is 6.08 Å². The molecule has 1 aromatic rings. The number of amidine groups is 1. The van der Waals surface area contributed by atoms with Crippen molar-refractivity contribution in [3.05, 3.63) is 35.5 Å². The Hall–Kier alpha value is -2.18. The third kappa shape index (κ3) is 4.90. The van der Waals surface area contributed by atoms with Crippen LogP contribution >= 0.6 is 0 Å². The van der Waals surface area contributed by atoms with Crippen LogP contribution in [0, 0.1) is 0 Å². The molecular weight excluding hydrogens is 318 g/mol. The molecule has 0 spiro atoms. The minimum Gasteiger partial charge on any atom is -0.383 e. The van der Waals surface area contributed by atoms with Gasteiger partial charge in [-0.2, -0.15) is 0 Å². The molecule has 1 amide bonds. The SMILES string of the molecule is COCCN1C(=O)/C(=C/c2cccc(N(C)C)c2)N=C1CC(C)OC. The highest BCUT2D eigenvalue weighted by molar-refractivity contribution is 6.14. The molecule has 0 aliphatic carbocycles. The summed E-state index contributed by atoms with van der Waals surface area (Å²) in [4.78, 5) is 21.0. The van der Waals surface area contributed by atoms with Crippen LogP contribution in [0.5, 0.6) is 0 Å². The predicted molar refractivity (Wildman–Crippen MR) is 101 cm³/mol. The standard InChI is InChI=1S/C19H27N3O3/c1-14(25-5)11-18-20-17(19(23)22(18)9-10-24-4)13-15-7-6-8-16(12-15)21(2)3/h6-8,12-14H,9-11H2,1-5H3/b17-13-. The molecule has 6 nitrogen and oxygen atoms in total. The monoisotopic (exact) mass is 345 g/mol. The quantitative estimate of drug-likeness (QED) is 0.679. The first-order valence-corrected chi connectivity index (χ1v) is 8.36. The first-order valence-electron chi connectivity index (χ1n) is 8.36. The number of methoxy groups -OCH3 is 2. The van der Waals surface area contributed by atoms with Crippen molar-refractivity contribution in [1.29, 1.82) is 0 Å². The van der Waals surface area contributed by atoms with E-state index in [0.29, 0.717) is 25.3 Å². The Morgan fingerprint density at radius 3 is 2.72 bits per heavy atom. The fourth-order valence-corrected chi connectivity index (χ4v) is 2.56. The van der Waals surface area contributed by atoms with Crippen molar-refractivity contribution in [2.75, 3.05) is 46.4 Å². The second kappa shape index (κ2) is 8.78. The Morgan fingerprint density at radius 1 is 1.32 bits per heavy atom. The molecule has 1 atom stereocenters. The lowest BCUT2D eigenvalue weighted by molar-refractivity contribution is -0.123. The minimum absolute atomic E-state index is 0.00647. The third-order valence-corrected chi connectivity index (χ3v) is 4.11. The van der Waals surface area contributed by atoms with Gasteiger partial charge in [0.05, 0.1) is 19.3 Å². The largest absolute Gasteiger partial charge is 0.383 e. The molecule has 0 aromatic heterocycles. The summed E-state index contributed by atoms with van der Waals surface area (Å²) < 4.78 is 10.4. The molecule has 136 valence electrons. The Bertz CT molecular complexity index is 668. The number of benzene rings is 1. The molecule has 0 radical (unpaired) electrons. The smallest absolute Gasteiger partial charge is 0.277 e. The van der Waals surface area contributed by atoms with Gasteiger partial charge in [0.1, 0.15) is 11.5 Å². The molecule has 25 heavy (non-hydrogen) atoms. The molecule has 1 unspecified atom stereocenters. The fourth-order valence-electron chi connectivity index (χ4n) is 2.56. The molecule has 1 aliphatic heterocycles. The van der Waals surface area contributed by atoms with E-state index in [0.717, 1.165) is 17.1 Å². The number of amides is 1. The molecule has 1 aromatic carbocycles. The number of rotatable bonds is 8. The van der Waals surface area contributed by atoms with E-state index in [1.54, 1.807) is 19.1 Å². The van der Waals surface area contributed by atoms with Crippen molar-refractivity contribution in [3.63, 3.8) is 0 Å². The van der Waals surface area contributed by atoms with E-state index in [-0.39, 0.29) is 12.0 Å². The maximum absolute atomic E-state index is 12.8. The van der Waals surface area contributed by atoms with Gasteiger partial charge in [-0.1, -0.05) is 12.1 Å². The van der Waals surface area contributed by atoms with E-state index in [1.807, 2.05) is 56.3 Å². The lowest BCUT2D eigenvalue weighted by Gasteiger charge is -2.19. The van der Waals surface area contributed by atoms with Gasteiger partial charge in [0, 0.05) is 40.4 Å². The first-order chi connectivity index (χ1) is 12.0. The lowest BCUT2D eigenvalue weighted by atomic mass is 10.1. The Labute approximate surface area is 149 Å². The maximum Gasteiger partial charge on any atom is 0.277 e.